The lowest BCUT2D eigenvalue weighted by Crippen LogP contribution is -2.41. The van der Waals surface area contributed by atoms with Crippen molar-refractivity contribution in [3.63, 3.8) is 0 Å². The van der Waals surface area contributed by atoms with Gasteiger partial charge in [0.1, 0.15) is 0 Å². The minimum absolute atomic E-state index is 0.0443. The van der Waals surface area contributed by atoms with Crippen LogP contribution in [0, 0.1) is 13.8 Å². The fourth-order valence-corrected chi connectivity index (χ4v) is 3.14. The Morgan fingerprint density at radius 2 is 1.64 bits per heavy atom. The van der Waals surface area contributed by atoms with E-state index in [0.29, 0.717) is 12.5 Å². The second-order valence-corrected chi connectivity index (χ2v) is 7.25. The van der Waals surface area contributed by atoms with Crippen LogP contribution in [-0.2, 0) is 14.4 Å². The number of hydrogen-bond donors (Lipinski definition) is 5. The van der Waals surface area contributed by atoms with Gasteiger partial charge in [-0.3, -0.25) is 4.79 Å². The SMILES string of the molecule is Cc1ccc(NC(=O)CC(C)NC2CCC(O)CC2)c(C)c1.O=C(O)C(=O)O. The van der Waals surface area contributed by atoms with Gasteiger partial charge >= 0.3 is 11.9 Å². The summed E-state index contributed by atoms with van der Waals surface area (Å²) in [6.07, 6.45) is 4.03. The summed E-state index contributed by atoms with van der Waals surface area (Å²) in [5.41, 5.74) is 3.18. The van der Waals surface area contributed by atoms with Crippen LogP contribution in [0.5, 0.6) is 0 Å². The molecule has 1 aliphatic carbocycles. The monoisotopic (exact) mass is 394 g/mol. The number of anilines is 1. The third-order valence-electron chi connectivity index (χ3n) is 4.55. The Hall–Kier alpha value is -2.45. The maximum atomic E-state index is 12.2. The van der Waals surface area contributed by atoms with E-state index in [4.69, 9.17) is 19.8 Å². The number of aliphatic hydroxyl groups excluding tert-OH is 1. The fourth-order valence-electron chi connectivity index (χ4n) is 3.14. The summed E-state index contributed by atoms with van der Waals surface area (Å²) in [4.78, 5) is 30.4. The predicted octanol–water partition coefficient (Wildman–Crippen LogP) is 2.07. The molecule has 1 atom stereocenters. The molecule has 2 rings (SSSR count). The van der Waals surface area contributed by atoms with Crippen molar-refractivity contribution >= 4 is 23.5 Å². The molecule has 5 N–H and O–H groups in total. The lowest BCUT2D eigenvalue weighted by molar-refractivity contribution is -0.159. The first-order valence-corrected chi connectivity index (χ1v) is 9.36. The molecule has 1 fully saturated rings. The highest BCUT2D eigenvalue weighted by Crippen LogP contribution is 2.19. The number of aliphatic carboxylic acids is 2. The second-order valence-electron chi connectivity index (χ2n) is 7.25. The summed E-state index contributed by atoms with van der Waals surface area (Å²) in [7, 11) is 0. The third-order valence-corrected chi connectivity index (χ3v) is 4.55. The van der Waals surface area contributed by atoms with Gasteiger partial charge in [0.25, 0.3) is 0 Å². The number of carbonyl (C=O) groups excluding carboxylic acids is 1. The predicted molar refractivity (Wildman–Crippen MR) is 105 cm³/mol. The normalized spacial score (nSPS) is 19.7. The van der Waals surface area contributed by atoms with Crippen molar-refractivity contribution in [3.05, 3.63) is 29.3 Å². The fraction of sp³-hybridized carbons (Fsp3) is 0.550. The Balaban J connectivity index is 0.000000568. The highest BCUT2D eigenvalue weighted by atomic mass is 16.4. The first-order chi connectivity index (χ1) is 13.1. The Morgan fingerprint density at radius 1 is 1.07 bits per heavy atom. The van der Waals surface area contributed by atoms with Crippen molar-refractivity contribution in [1.82, 2.24) is 5.32 Å². The van der Waals surface area contributed by atoms with Crippen LogP contribution >= 0.6 is 0 Å². The summed E-state index contributed by atoms with van der Waals surface area (Å²) in [5, 5.41) is 30.8. The lowest BCUT2D eigenvalue weighted by Gasteiger charge is -2.29. The number of hydrogen-bond acceptors (Lipinski definition) is 5. The van der Waals surface area contributed by atoms with Crippen molar-refractivity contribution in [2.24, 2.45) is 0 Å². The zero-order chi connectivity index (χ0) is 21.3. The van der Waals surface area contributed by atoms with E-state index in [1.54, 1.807) is 0 Å². The molecular formula is C20H30N2O6. The first-order valence-electron chi connectivity index (χ1n) is 9.36. The number of carboxylic acid groups (broad SMARTS) is 2. The smallest absolute Gasteiger partial charge is 0.414 e. The van der Waals surface area contributed by atoms with Gasteiger partial charge in [0, 0.05) is 24.2 Å². The highest BCUT2D eigenvalue weighted by molar-refractivity contribution is 6.27. The van der Waals surface area contributed by atoms with Crippen LogP contribution < -0.4 is 10.6 Å². The zero-order valence-corrected chi connectivity index (χ0v) is 16.6. The zero-order valence-electron chi connectivity index (χ0n) is 16.6. The van der Waals surface area contributed by atoms with Gasteiger partial charge < -0.3 is 26.0 Å². The molecular weight excluding hydrogens is 364 g/mol. The van der Waals surface area contributed by atoms with Crippen molar-refractivity contribution < 1.29 is 29.7 Å². The number of rotatable bonds is 5. The van der Waals surface area contributed by atoms with Crippen molar-refractivity contribution in [1.29, 1.82) is 0 Å². The quantitative estimate of drug-likeness (QED) is 0.482. The topological polar surface area (TPSA) is 136 Å². The van der Waals surface area contributed by atoms with Crippen molar-refractivity contribution in [2.45, 2.75) is 71.1 Å². The molecule has 1 aromatic rings. The molecule has 0 bridgehead atoms. The molecule has 1 aromatic carbocycles. The Morgan fingerprint density at radius 3 is 2.14 bits per heavy atom. The summed E-state index contributed by atoms with van der Waals surface area (Å²) in [6, 6.07) is 6.61. The summed E-state index contributed by atoms with van der Waals surface area (Å²) in [6.45, 7) is 6.11. The lowest BCUT2D eigenvalue weighted by atomic mass is 9.92. The molecule has 156 valence electrons. The average molecular weight is 394 g/mol. The Kier molecular flexibility index (Phi) is 9.61. The molecule has 8 nitrogen and oxygen atoms in total. The van der Waals surface area contributed by atoms with E-state index in [-0.39, 0.29) is 18.1 Å². The maximum absolute atomic E-state index is 12.2. The van der Waals surface area contributed by atoms with Crippen LogP contribution in [0.4, 0.5) is 5.69 Å². The molecule has 0 saturated heterocycles. The number of amides is 1. The number of aryl methyl sites for hydroxylation is 2. The van der Waals surface area contributed by atoms with Crippen molar-refractivity contribution in [2.75, 3.05) is 5.32 Å². The largest absolute Gasteiger partial charge is 0.473 e. The van der Waals surface area contributed by atoms with Gasteiger partial charge in [0.2, 0.25) is 5.91 Å². The molecule has 0 radical (unpaired) electrons. The molecule has 1 unspecified atom stereocenters. The summed E-state index contributed by atoms with van der Waals surface area (Å²) >= 11 is 0. The minimum Gasteiger partial charge on any atom is -0.473 e. The Labute approximate surface area is 165 Å². The van der Waals surface area contributed by atoms with Gasteiger partial charge in [0.05, 0.1) is 6.10 Å². The second kappa shape index (κ2) is 11.4. The molecule has 1 aliphatic rings. The minimum atomic E-state index is -1.82. The summed E-state index contributed by atoms with van der Waals surface area (Å²) in [5.74, 6) is -3.60. The molecule has 1 amide bonds. The molecule has 1 saturated carbocycles. The standard InChI is InChI=1S/C18H28N2O2.C2H2O4/c1-12-4-9-17(13(2)10-12)20-18(22)11-14(3)19-15-5-7-16(21)8-6-15;3-1(4)2(5)6/h4,9-10,14-16,19,21H,5-8,11H2,1-3H3,(H,20,22);(H,3,4)(H,5,6). The Bertz CT molecular complexity index is 671. The first kappa shape index (κ1) is 23.6. The van der Waals surface area contributed by atoms with Crippen LogP contribution in [0.3, 0.4) is 0 Å². The van der Waals surface area contributed by atoms with E-state index in [1.807, 2.05) is 32.9 Å². The van der Waals surface area contributed by atoms with E-state index in [9.17, 15) is 9.90 Å². The average Bonchev–Trinajstić information content (AvgIpc) is 2.60. The van der Waals surface area contributed by atoms with E-state index in [1.165, 1.54) is 5.56 Å². The van der Waals surface area contributed by atoms with Gasteiger partial charge in [-0.2, -0.15) is 0 Å². The number of aliphatic hydroxyl groups is 1. The van der Waals surface area contributed by atoms with E-state index >= 15 is 0 Å². The highest BCUT2D eigenvalue weighted by Gasteiger charge is 2.21. The van der Waals surface area contributed by atoms with Gasteiger partial charge in [-0.05, 0) is 58.1 Å². The number of benzene rings is 1. The van der Waals surface area contributed by atoms with Crippen LogP contribution in [0.25, 0.3) is 0 Å². The van der Waals surface area contributed by atoms with Crippen LogP contribution in [0.15, 0.2) is 18.2 Å². The molecule has 28 heavy (non-hydrogen) atoms. The van der Waals surface area contributed by atoms with Gasteiger partial charge in [-0.25, -0.2) is 9.59 Å². The number of carbonyl (C=O) groups is 3. The van der Waals surface area contributed by atoms with Crippen molar-refractivity contribution in [3.8, 4) is 0 Å². The van der Waals surface area contributed by atoms with E-state index in [0.717, 1.165) is 36.9 Å². The number of carboxylic acids is 2. The molecule has 8 heteroatoms. The molecule has 0 aliphatic heterocycles. The van der Waals surface area contributed by atoms with Gasteiger partial charge in [-0.15, -0.1) is 0 Å². The van der Waals surface area contributed by atoms with Gasteiger partial charge in [-0.1, -0.05) is 17.7 Å². The van der Waals surface area contributed by atoms with Crippen LogP contribution in [-0.4, -0.2) is 51.4 Å². The molecule has 0 heterocycles. The van der Waals surface area contributed by atoms with E-state index in [2.05, 4.69) is 16.7 Å². The van der Waals surface area contributed by atoms with Crippen LogP contribution in [0.2, 0.25) is 0 Å². The van der Waals surface area contributed by atoms with Gasteiger partial charge in [0.15, 0.2) is 0 Å². The van der Waals surface area contributed by atoms with Crippen LogP contribution in [0.1, 0.15) is 50.2 Å². The molecule has 0 spiro atoms. The summed E-state index contributed by atoms with van der Waals surface area (Å²) < 4.78 is 0. The maximum Gasteiger partial charge on any atom is 0.414 e. The molecule has 0 aromatic heterocycles. The van der Waals surface area contributed by atoms with E-state index < -0.39 is 11.9 Å². The number of nitrogens with one attached hydrogen (secondary N) is 2. The third kappa shape index (κ3) is 8.96.